The minimum atomic E-state index is -3.63. The largest absolute Gasteiger partial charge is 0.491 e. The summed E-state index contributed by atoms with van der Waals surface area (Å²) in [4.78, 5) is 9.16. The van der Waals surface area contributed by atoms with Crippen LogP contribution in [0.4, 0.5) is 11.4 Å². The molecule has 0 spiro atoms. The van der Waals surface area contributed by atoms with Crippen LogP contribution in [-0.4, -0.2) is 154 Å². The average Bonchev–Trinajstić information content (AvgIpc) is 3.37. The zero-order valence-corrected chi connectivity index (χ0v) is 44.4. The molecule has 1 N–H and O–H groups in total. The Bertz CT molecular complexity index is 2470. The third-order valence-corrected chi connectivity index (χ3v) is 12.0. The second-order valence-corrected chi connectivity index (χ2v) is 20.2. The Kier molecular flexibility index (Phi) is 33.5. The molecule has 400 valence electrons. The van der Waals surface area contributed by atoms with E-state index in [2.05, 4.69) is 103 Å². The summed E-state index contributed by atoms with van der Waals surface area (Å²) in [7, 11) is 5.92. The van der Waals surface area contributed by atoms with Crippen LogP contribution in [0.2, 0.25) is 0 Å². The lowest BCUT2D eigenvalue weighted by Crippen LogP contribution is -2.16. The lowest BCUT2D eigenvalue weighted by molar-refractivity contribution is 0.0247. The number of nitrogens with zero attached hydrogens (tertiary/aromatic N) is 8. The highest BCUT2D eigenvalue weighted by molar-refractivity contribution is 8.13. The molecule has 4 rings (SSSR count). The predicted octanol–water partition coefficient (Wildman–Crippen LogP) is 8.96. The van der Waals surface area contributed by atoms with Crippen LogP contribution in [0.1, 0.15) is 35.1 Å². The van der Waals surface area contributed by atoms with E-state index in [1.807, 2.05) is 76.7 Å². The second kappa shape index (κ2) is 38.7. The number of anilines is 2. The average molecular weight is 1070 g/mol. The minimum Gasteiger partial charge on any atom is -0.491 e. The molecule has 0 heterocycles. The van der Waals surface area contributed by atoms with Gasteiger partial charge in [0.15, 0.2) is 0 Å². The second-order valence-electron chi connectivity index (χ2n) is 15.6. The van der Waals surface area contributed by atoms with Gasteiger partial charge in [0.2, 0.25) is 9.05 Å². The molecule has 0 amide bonds. The van der Waals surface area contributed by atoms with Crippen molar-refractivity contribution < 1.29 is 54.5 Å². The van der Waals surface area contributed by atoms with Crippen LogP contribution in [0.15, 0.2) is 107 Å². The quantitative estimate of drug-likeness (QED) is 0.00871. The van der Waals surface area contributed by atoms with Crippen LogP contribution in [0.3, 0.4) is 0 Å². The Morgan fingerprint density at radius 1 is 0.507 bits per heavy atom. The Labute approximate surface area is 434 Å². The number of hydrogen-bond donors (Lipinski definition) is 1. The monoisotopic (exact) mass is 1070 g/mol. The van der Waals surface area contributed by atoms with Crippen molar-refractivity contribution in [1.82, 2.24) is 0 Å². The molecule has 0 aromatic heterocycles. The maximum absolute atomic E-state index is 11.6. The fourth-order valence-corrected chi connectivity index (χ4v) is 7.36. The van der Waals surface area contributed by atoms with Gasteiger partial charge in [0.1, 0.15) is 24.7 Å². The van der Waals surface area contributed by atoms with Crippen LogP contribution in [0.5, 0.6) is 11.5 Å². The van der Waals surface area contributed by atoms with E-state index in [0.717, 1.165) is 28.2 Å². The van der Waals surface area contributed by atoms with Gasteiger partial charge < -0.3 is 43.3 Å². The van der Waals surface area contributed by atoms with Crippen LogP contribution in [0, 0.1) is 0 Å². The SMILES string of the molecule is CN(C)c1ccc(/C=C/c2ccc(OCCOCCOCCO)cc2)cc1.CN(C)c1ccc(/C=C/c2ccc(OCCOCCOCCOS(=O)(=O)CCCN=[N+]=[N-])cc2)cc1.[N-]=[N+]=NCCCS(=O)(=O)Cl. The van der Waals surface area contributed by atoms with Crippen molar-refractivity contribution in [2.45, 2.75) is 12.8 Å². The van der Waals surface area contributed by atoms with E-state index in [4.69, 9.17) is 59.5 Å². The maximum Gasteiger partial charge on any atom is 0.267 e. The molecule has 73 heavy (non-hydrogen) atoms. The van der Waals surface area contributed by atoms with Crippen molar-refractivity contribution in [3.05, 3.63) is 140 Å². The third-order valence-electron chi connectivity index (χ3n) is 9.40. The highest BCUT2D eigenvalue weighted by Crippen LogP contribution is 2.19. The number of azide groups is 2. The van der Waals surface area contributed by atoms with E-state index in [1.54, 1.807) is 0 Å². The van der Waals surface area contributed by atoms with Crippen LogP contribution < -0.4 is 19.3 Å². The maximum atomic E-state index is 11.6. The topological polar surface area (TPSA) is 257 Å². The first-order valence-electron chi connectivity index (χ1n) is 23.2. The van der Waals surface area contributed by atoms with Crippen molar-refractivity contribution in [1.29, 1.82) is 0 Å². The summed E-state index contributed by atoms with van der Waals surface area (Å²) in [5.74, 6) is 1.25. The summed E-state index contributed by atoms with van der Waals surface area (Å²) >= 11 is 0. The molecule has 0 bridgehead atoms. The Hall–Kier alpha value is -5.87. The molecule has 0 aliphatic heterocycles. The highest BCUT2D eigenvalue weighted by atomic mass is 35.7. The fourth-order valence-electron chi connectivity index (χ4n) is 5.64. The molecular weight excluding hydrogens is 1000 g/mol. The summed E-state index contributed by atoms with van der Waals surface area (Å²) in [6, 6.07) is 32.6. The summed E-state index contributed by atoms with van der Waals surface area (Å²) < 4.78 is 81.0. The number of hydrogen-bond acceptors (Lipinski definition) is 16. The van der Waals surface area contributed by atoms with Gasteiger partial charge in [-0.05, 0) is 94.7 Å². The predicted molar refractivity (Wildman–Crippen MR) is 290 cm³/mol. The van der Waals surface area contributed by atoms with Crippen LogP contribution in [0.25, 0.3) is 45.2 Å². The Morgan fingerprint density at radius 2 is 0.836 bits per heavy atom. The van der Waals surface area contributed by atoms with Gasteiger partial charge in [-0.1, -0.05) is 83.1 Å². The van der Waals surface area contributed by atoms with Gasteiger partial charge in [0.25, 0.3) is 10.1 Å². The van der Waals surface area contributed by atoms with Crippen molar-refractivity contribution in [3.63, 3.8) is 0 Å². The molecule has 0 saturated heterocycles. The van der Waals surface area contributed by atoms with E-state index in [0.29, 0.717) is 59.5 Å². The van der Waals surface area contributed by atoms with E-state index in [-0.39, 0.29) is 57.3 Å². The zero-order valence-electron chi connectivity index (χ0n) is 42.0. The number of rotatable bonds is 34. The van der Waals surface area contributed by atoms with Gasteiger partial charge in [-0.25, -0.2) is 8.42 Å². The molecule has 0 saturated carbocycles. The molecular formula is C50H69ClN8O12S2. The molecule has 0 atom stereocenters. The summed E-state index contributed by atoms with van der Waals surface area (Å²) in [5.41, 5.74) is 22.8. The third kappa shape index (κ3) is 33.5. The Balaban J connectivity index is 0.000000432. The van der Waals surface area contributed by atoms with Crippen LogP contribution in [-0.2, 0) is 42.3 Å². The Morgan fingerprint density at radius 3 is 1.18 bits per heavy atom. The van der Waals surface area contributed by atoms with E-state index in [9.17, 15) is 16.8 Å². The van der Waals surface area contributed by atoms with Gasteiger partial charge in [-0.3, -0.25) is 4.18 Å². The molecule has 0 radical (unpaired) electrons. The summed E-state index contributed by atoms with van der Waals surface area (Å²) in [6.45, 7) is 4.23. The normalized spacial score (nSPS) is 11.2. The van der Waals surface area contributed by atoms with Gasteiger partial charge in [-0.15, -0.1) is 0 Å². The molecule has 4 aromatic carbocycles. The molecule has 0 aliphatic rings. The van der Waals surface area contributed by atoms with Gasteiger partial charge in [0.05, 0.1) is 77.6 Å². The lowest BCUT2D eigenvalue weighted by atomic mass is 10.1. The van der Waals surface area contributed by atoms with Crippen LogP contribution >= 0.6 is 10.7 Å². The summed E-state index contributed by atoms with van der Waals surface area (Å²) in [5, 5.41) is 15.0. The molecule has 4 aromatic rings. The van der Waals surface area contributed by atoms with Gasteiger partial charge in [0, 0.05) is 73.2 Å². The molecule has 0 aliphatic carbocycles. The first-order valence-corrected chi connectivity index (χ1v) is 27.3. The van der Waals surface area contributed by atoms with E-state index in [1.165, 1.54) is 16.9 Å². The van der Waals surface area contributed by atoms with Gasteiger partial charge in [-0.2, -0.15) is 8.42 Å². The first-order chi connectivity index (χ1) is 35.1. The van der Waals surface area contributed by atoms with E-state index >= 15 is 0 Å². The minimum absolute atomic E-state index is 0.0387. The smallest absolute Gasteiger partial charge is 0.267 e. The lowest BCUT2D eigenvalue weighted by Gasteiger charge is -2.11. The van der Waals surface area contributed by atoms with Crippen molar-refractivity contribution in [2.24, 2.45) is 10.2 Å². The number of aliphatic hydroxyl groups excluding tert-OH is 1. The highest BCUT2D eigenvalue weighted by Gasteiger charge is 2.10. The van der Waals surface area contributed by atoms with Crippen molar-refractivity contribution >= 4 is 65.5 Å². The molecule has 23 heteroatoms. The summed E-state index contributed by atoms with van der Waals surface area (Å²) in [6.07, 6.45) is 8.81. The standard InChI is InChI=1S/C25H34N4O6S.C22H29NO4.C3H6ClN3O2S/c1-29(2)24-10-6-22(7-11-24)4-5-23-8-12-25(13-9-23)34-19-17-32-15-16-33-18-20-35-36(30,31)21-3-14-27-28-26;1-23(2)21-9-5-19(6-10-21)3-4-20-7-11-22(12-8-20)27-18-17-26-16-15-25-14-13-24;4-10(8,9)3-1-2-6-7-5/h4-13H,3,14-21H2,1-2H3;3-12,24H,13-18H2,1-2H3;1-3H2/b5-4+;4-3+;. The van der Waals surface area contributed by atoms with E-state index < -0.39 is 19.2 Å². The first kappa shape index (κ1) is 63.2. The van der Waals surface area contributed by atoms with Gasteiger partial charge >= 0.3 is 0 Å². The molecule has 0 fully saturated rings. The number of halogens is 1. The number of ether oxygens (including phenoxy) is 6. The zero-order chi connectivity index (χ0) is 53.4. The molecule has 0 unspecified atom stereocenters. The number of benzene rings is 4. The fraction of sp³-hybridized carbons (Fsp3) is 0.440. The number of aliphatic hydroxyl groups is 1. The molecule has 20 nitrogen and oxygen atoms in total. The van der Waals surface area contributed by atoms with Crippen molar-refractivity contribution in [3.8, 4) is 11.5 Å². The van der Waals surface area contributed by atoms with Crippen molar-refractivity contribution in [2.75, 3.05) is 142 Å².